The Morgan fingerprint density at radius 2 is 2.53 bits per heavy atom. The molecule has 1 atom stereocenters. The molecule has 0 amide bonds. The molecule has 3 N–H and O–H groups in total. The lowest BCUT2D eigenvalue weighted by Crippen LogP contribution is -2.35. The van der Waals surface area contributed by atoms with E-state index in [1.165, 1.54) is 0 Å². The third-order valence-electron chi connectivity index (χ3n) is 2.53. The summed E-state index contributed by atoms with van der Waals surface area (Å²) in [6.45, 7) is 1.51. The van der Waals surface area contributed by atoms with Gasteiger partial charge in [-0.05, 0) is 37.2 Å². The van der Waals surface area contributed by atoms with E-state index in [2.05, 4.69) is 15.6 Å². The molecule has 0 bridgehead atoms. The number of rotatable bonds is 3. The maximum atomic E-state index is 9.50. The number of hydrogen-bond acceptors (Lipinski definition) is 4. The fourth-order valence-electron chi connectivity index (χ4n) is 1.66. The second-order valence-corrected chi connectivity index (χ2v) is 4.25. The van der Waals surface area contributed by atoms with Gasteiger partial charge in [0.2, 0.25) is 0 Å². The van der Waals surface area contributed by atoms with Crippen LogP contribution in [0.4, 0.5) is 5.82 Å². The van der Waals surface area contributed by atoms with Gasteiger partial charge in [-0.2, -0.15) is 0 Å². The molecule has 1 aliphatic rings. The van der Waals surface area contributed by atoms with E-state index in [9.17, 15) is 5.11 Å². The minimum Gasteiger partial charge on any atom is -0.504 e. The van der Waals surface area contributed by atoms with Crippen LogP contribution in [-0.4, -0.2) is 34.5 Å². The largest absolute Gasteiger partial charge is 0.504 e. The summed E-state index contributed by atoms with van der Waals surface area (Å²) in [4.78, 5) is 3.98. The van der Waals surface area contributed by atoms with Gasteiger partial charge in [-0.1, -0.05) is 0 Å². The molecule has 17 heavy (non-hydrogen) atoms. The van der Waals surface area contributed by atoms with E-state index in [0.29, 0.717) is 17.5 Å². The van der Waals surface area contributed by atoms with Crippen molar-refractivity contribution in [1.82, 2.24) is 10.3 Å². The van der Waals surface area contributed by atoms with Crippen molar-refractivity contribution in [3.63, 3.8) is 0 Å². The van der Waals surface area contributed by atoms with Gasteiger partial charge in [0.15, 0.2) is 16.7 Å². The van der Waals surface area contributed by atoms with Gasteiger partial charge in [0.25, 0.3) is 0 Å². The Labute approximate surface area is 105 Å². The zero-order valence-electron chi connectivity index (χ0n) is 9.35. The number of nitrogens with zero attached hydrogens (tertiary/aromatic N) is 1. The van der Waals surface area contributed by atoms with Crippen LogP contribution in [0, 0.1) is 0 Å². The van der Waals surface area contributed by atoms with Gasteiger partial charge < -0.3 is 20.5 Å². The standard InChI is InChI=1S/C11H15N3O2S/c15-9-4-1-5-12-10(9)14-11(17)13-7-8-3-2-6-16-8/h1,4-5,8,15H,2-3,6-7H2,(H2,12,13,14,17)/t8-/m1/s1. The van der Waals surface area contributed by atoms with E-state index in [4.69, 9.17) is 17.0 Å². The lowest BCUT2D eigenvalue weighted by atomic mass is 10.2. The minimum atomic E-state index is 0.0776. The van der Waals surface area contributed by atoms with E-state index in [0.717, 1.165) is 19.4 Å². The zero-order valence-corrected chi connectivity index (χ0v) is 10.2. The Bertz CT molecular complexity index is 394. The first-order valence-corrected chi connectivity index (χ1v) is 5.97. The summed E-state index contributed by atoms with van der Waals surface area (Å²) in [5, 5.41) is 15.8. The van der Waals surface area contributed by atoms with Gasteiger partial charge >= 0.3 is 0 Å². The van der Waals surface area contributed by atoms with Crippen molar-refractivity contribution in [2.45, 2.75) is 18.9 Å². The summed E-state index contributed by atoms with van der Waals surface area (Å²) in [6.07, 6.45) is 3.98. The molecule has 92 valence electrons. The number of aromatic hydroxyl groups is 1. The van der Waals surface area contributed by atoms with Crippen molar-refractivity contribution in [3.05, 3.63) is 18.3 Å². The molecule has 1 aromatic rings. The first-order valence-electron chi connectivity index (χ1n) is 5.56. The Morgan fingerprint density at radius 3 is 3.24 bits per heavy atom. The van der Waals surface area contributed by atoms with Crippen molar-refractivity contribution < 1.29 is 9.84 Å². The predicted octanol–water partition coefficient (Wildman–Crippen LogP) is 1.25. The minimum absolute atomic E-state index is 0.0776. The SMILES string of the molecule is Oc1cccnc1NC(=S)NC[C@H]1CCCO1. The van der Waals surface area contributed by atoms with Gasteiger partial charge in [0, 0.05) is 19.3 Å². The summed E-state index contributed by atoms with van der Waals surface area (Å²) in [5.74, 6) is 0.436. The number of pyridine rings is 1. The van der Waals surface area contributed by atoms with Crippen LogP contribution >= 0.6 is 12.2 Å². The molecule has 2 rings (SSSR count). The smallest absolute Gasteiger partial charge is 0.174 e. The average molecular weight is 253 g/mol. The van der Waals surface area contributed by atoms with Crippen molar-refractivity contribution in [2.24, 2.45) is 0 Å². The highest BCUT2D eigenvalue weighted by atomic mass is 32.1. The average Bonchev–Trinajstić information content (AvgIpc) is 2.82. The van der Waals surface area contributed by atoms with Crippen molar-refractivity contribution in [1.29, 1.82) is 0 Å². The Morgan fingerprint density at radius 1 is 1.65 bits per heavy atom. The van der Waals surface area contributed by atoms with Gasteiger partial charge in [-0.15, -0.1) is 0 Å². The third kappa shape index (κ3) is 3.54. The summed E-state index contributed by atoms with van der Waals surface area (Å²) < 4.78 is 5.46. The number of ether oxygens (including phenoxy) is 1. The summed E-state index contributed by atoms with van der Waals surface area (Å²) >= 11 is 5.10. The fourth-order valence-corrected chi connectivity index (χ4v) is 1.84. The van der Waals surface area contributed by atoms with Crippen LogP contribution < -0.4 is 10.6 Å². The number of hydrogen-bond donors (Lipinski definition) is 3. The quantitative estimate of drug-likeness (QED) is 0.705. The molecule has 0 aliphatic carbocycles. The lowest BCUT2D eigenvalue weighted by Gasteiger charge is -2.13. The van der Waals surface area contributed by atoms with Crippen LogP contribution in [0.2, 0.25) is 0 Å². The van der Waals surface area contributed by atoms with Crippen LogP contribution in [0.1, 0.15) is 12.8 Å². The monoisotopic (exact) mass is 253 g/mol. The van der Waals surface area contributed by atoms with Gasteiger partial charge in [-0.25, -0.2) is 4.98 Å². The number of aromatic nitrogens is 1. The highest BCUT2D eigenvalue weighted by Crippen LogP contribution is 2.17. The normalized spacial score (nSPS) is 18.9. The molecule has 1 aromatic heterocycles. The molecular formula is C11H15N3O2S. The molecule has 0 spiro atoms. The number of thiocarbonyl (C=S) groups is 1. The van der Waals surface area contributed by atoms with Crippen molar-refractivity contribution >= 4 is 23.1 Å². The van der Waals surface area contributed by atoms with E-state index in [1.807, 2.05) is 0 Å². The van der Waals surface area contributed by atoms with Crippen LogP contribution in [0.25, 0.3) is 0 Å². The van der Waals surface area contributed by atoms with E-state index in [-0.39, 0.29) is 11.9 Å². The van der Waals surface area contributed by atoms with Crippen LogP contribution in [0.5, 0.6) is 5.75 Å². The van der Waals surface area contributed by atoms with Gasteiger partial charge in [-0.3, -0.25) is 0 Å². The topological polar surface area (TPSA) is 66.4 Å². The molecule has 0 saturated carbocycles. The summed E-state index contributed by atoms with van der Waals surface area (Å²) in [7, 11) is 0. The van der Waals surface area contributed by atoms with E-state index < -0.39 is 0 Å². The van der Waals surface area contributed by atoms with Crippen molar-refractivity contribution in [2.75, 3.05) is 18.5 Å². The molecule has 1 aliphatic heterocycles. The molecule has 1 saturated heterocycles. The first kappa shape index (κ1) is 12.1. The molecule has 1 fully saturated rings. The Kier molecular flexibility index (Phi) is 4.11. The fraction of sp³-hybridized carbons (Fsp3) is 0.455. The van der Waals surface area contributed by atoms with E-state index in [1.54, 1.807) is 18.3 Å². The van der Waals surface area contributed by atoms with Gasteiger partial charge in [0.05, 0.1) is 6.10 Å². The Hall–Kier alpha value is -1.40. The first-order chi connectivity index (χ1) is 8.25. The molecule has 0 unspecified atom stereocenters. The van der Waals surface area contributed by atoms with Gasteiger partial charge in [0.1, 0.15) is 0 Å². The highest BCUT2D eigenvalue weighted by Gasteiger charge is 2.15. The summed E-state index contributed by atoms with van der Waals surface area (Å²) in [5.41, 5.74) is 0. The molecule has 6 heteroatoms. The van der Waals surface area contributed by atoms with Crippen LogP contribution in [-0.2, 0) is 4.74 Å². The predicted molar refractivity (Wildman–Crippen MR) is 69.1 cm³/mol. The zero-order chi connectivity index (χ0) is 12.1. The van der Waals surface area contributed by atoms with Crippen molar-refractivity contribution in [3.8, 4) is 5.75 Å². The van der Waals surface area contributed by atoms with Crippen LogP contribution in [0.3, 0.4) is 0 Å². The molecule has 0 aromatic carbocycles. The lowest BCUT2D eigenvalue weighted by molar-refractivity contribution is 0.114. The maximum Gasteiger partial charge on any atom is 0.174 e. The molecule has 0 radical (unpaired) electrons. The van der Waals surface area contributed by atoms with Crippen LogP contribution in [0.15, 0.2) is 18.3 Å². The summed E-state index contributed by atoms with van der Waals surface area (Å²) in [6, 6.07) is 3.21. The molecule has 5 nitrogen and oxygen atoms in total. The maximum absolute atomic E-state index is 9.50. The number of anilines is 1. The highest BCUT2D eigenvalue weighted by molar-refractivity contribution is 7.80. The third-order valence-corrected chi connectivity index (χ3v) is 2.78. The Balaban J connectivity index is 1.79. The van der Waals surface area contributed by atoms with E-state index >= 15 is 0 Å². The molecule has 2 heterocycles. The second kappa shape index (κ2) is 5.79. The molecular weight excluding hydrogens is 238 g/mol. The number of nitrogens with one attached hydrogen (secondary N) is 2. The second-order valence-electron chi connectivity index (χ2n) is 3.84.